The van der Waals surface area contributed by atoms with Crippen molar-refractivity contribution in [3.8, 4) is 6.07 Å². The molecule has 0 aromatic heterocycles. The number of nitro benzene ring substituents is 1. The Morgan fingerprint density at radius 1 is 0.900 bits per heavy atom. The summed E-state index contributed by atoms with van der Waals surface area (Å²) in [5.74, 6) is -0.748. The number of hydrogen-bond donors (Lipinski definition) is 3. The van der Waals surface area contributed by atoms with Crippen LogP contribution in [0, 0.1) is 21.4 Å². The Morgan fingerprint density at radius 3 is 2.17 bits per heavy atom. The number of hydrogen-bond acceptors (Lipinski definition) is 6. The number of carbonyl (C=O) groups is 1. The van der Waals surface area contributed by atoms with Gasteiger partial charge in [-0.1, -0.05) is 30.3 Å². The first kappa shape index (κ1) is 20.1. The van der Waals surface area contributed by atoms with E-state index in [2.05, 4.69) is 16.0 Å². The number of para-hydroxylation sites is 3. The maximum absolute atomic E-state index is 12.3. The lowest BCUT2D eigenvalue weighted by molar-refractivity contribution is -0.383. The molecule has 0 aliphatic carbocycles. The largest absolute Gasteiger partial charge is 0.360 e. The molecule has 148 valence electrons. The van der Waals surface area contributed by atoms with E-state index >= 15 is 0 Å². The van der Waals surface area contributed by atoms with Gasteiger partial charge in [-0.05, 0) is 42.5 Å². The molecule has 3 aromatic carbocycles. The zero-order valence-electron chi connectivity index (χ0n) is 15.7. The molecule has 0 aliphatic heterocycles. The molecule has 0 heterocycles. The normalized spacial score (nSPS) is 10.6. The van der Waals surface area contributed by atoms with Crippen molar-refractivity contribution in [1.82, 2.24) is 0 Å². The lowest BCUT2D eigenvalue weighted by Crippen LogP contribution is -2.15. The monoisotopic (exact) mass is 399 g/mol. The molecule has 0 radical (unpaired) electrons. The van der Waals surface area contributed by atoms with Crippen LogP contribution in [0.3, 0.4) is 0 Å². The summed E-state index contributed by atoms with van der Waals surface area (Å²) in [5.41, 5.74) is 2.05. The van der Waals surface area contributed by atoms with Gasteiger partial charge in [0.25, 0.3) is 11.6 Å². The molecule has 0 aliphatic rings. The Kier molecular flexibility index (Phi) is 6.38. The zero-order chi connectivity index (χ0) is 21.3. The number of carbonyl (C=O) groups excluding carboxylic acids is 1. The molecule has 0 saturated heterocycles. The van der Waals surface area contributed by atoms with Crippen LogP contribution in [0.4, 0.5) is 28.4 Å². The van der Waals surface area contributed by atoms with E-state index in [1.165, 1.54) is 24.4 Å². The Bertz CT molecular complexity index is 1120. The Morgan fingerprint density at radius 2 is 1.50 bits per heavy atom. The molecule has 8 heteroatoms. The molecule has 3 aromatic rings. The van der Waals surface area contributed by atoms with E-state index < -0.39 is 10.8 Å². The average molecular weight is 399 g/mol. The van der Waals surface area contributed by atoms with Gasteiger partial charge in [0.1, 0.15) is 17.3 Å². The van der Waals surface area contributed by atoms with Crippen molar-refractivity contribution in [1.29, 1.82) is 5.26 Å². The first-order valence-corrected chi connectivity index (χ1v) is 8.90. The third-order valence-corrected chi connectivity index (χ3v) is 4.04. The van der Waals surface area contributed by atoms with E-state index in [4.69, 9.17) is 0 Å². The minimum atomic E-state index is -0.748. The molecule has 0 unspecified atom stereocenters. The van der Waals surface area contributed by atoms with Crippen molar-refractivity contribution in [2.75, 3.05) is 16.0 Å². The third kappa shape index (κ3) is 5.21. The molecular formula is C22H17N5O3. The third-order valence-electron chi connectivity index (χ3n) is 4.04. The molecule has 3 N–H and O–H groups in total. The number of nitriles is 1. The molecule has 0 saturated carbocycles. The van der Waals surface area contributed by atoms with Crippen molar-refractivity contribution in [2.24, 2.45) is 0 Å². The van der Waals surface area contributed by atoms with Crippen LogP contribution < -0.4 is 16.0 Å². The van der Waals surface area contributed by atoms with Crippen molar-refractivity contribution in [3.63, 3.8) is 0 Å². The number of nitrogens with zero attached hydrogens (tertiary/aromatic N) is 2. The molecule has 30 heavy (non-hydrogen) atoms. The highest BCUT2D eigenvalue weighted by Crippen LogP contribution is 2.24. The first-order chi connectivity index (χ1) is 14.6. The highest BCUT2D eigenvalue weighted by Gasteiger charge is 2.17. The van der Waals surface area contributed by atoms with Crippen LogP contribution in [0.1, 0.15) is 0 Å². The van der Waals surface area contributed by atoms with Crippen molar-refractivity contribution in [2.45, 2.75) is 0 Å². The number of rotatable bonds is 7. The fraction of sp³-hybridized carbons (Fsp3) is 0. The van der Waals surface area contributed by atoms with Crippen LogP contribution in [0.25, 0.3) is 0 Å². The summed E-state index contributed by atoms with van der Waals surface area (Å²) in [6.07, 6.45) is 1.25. The minimum Gasteiger partial charge on any atom is -0.360 e. The molecule has 0 spiro atoms. The fourth-order valence-electron chi connectivity index (χ4n) is 2.57. The van der Waals surface area contributed by atoms with Crippen LogP contribution >= 0.6 is 0 Å². The molecular weight excluding hydrogens is 382 g/mol. The van der Waals surface area contributed by atoms with Gasteiger partial charge in [-0.25, -0.2) is 0 Å². The summed E-state index contributed by atoms with van der Waals surface area (Å²) < 4.78 is 0. The zero-order valence-corrected chi connectivity index (χ0v) is 15.7. The standard InChI is InChI=1S/C22H17N5O3/c23-14-16(22(28)26-20-8-4-5-9-21(20)27(29)30)15-24-17-10-12-19(13-11-17)25-18-6-2-1-3-7-18/h1-13,15,24-25H,(H,26,28)/b16-15-. The van der Waals surface area contributed by atoms with Crippen LogP contribution in [0.2, 0.25) is 0 Å². The first-order valence-electron chi connectivity index (χ1n) is 8.90. The number of amides is 1. The van der Waals surface area contributed by atoms with Gasteiger partial charge in [0.05, 0.1) is 4.92 Å². The van der Waals surface area contributed by atoms with Gasteiger partial charge in [0.15, 0.2) is 0 Å². The van der Waals surface area contributed by atoms with Gasteiger partial charge in [0.2, 0.25) is 0 Å². The van der Waals surface area contributed by atoms with Crippen molar-refractivity contribution in [3.05, 3.63) is 101 Å². The second-order valence-electron chi connectivity index (χ2n) is 6.11. The predicted molar refractivity (Wildman–Crippen MR) is 115 cm³/mol. The lowest BCUT2D eigenvalue weighted by atomic mass is 10.2. The molecule has 0 atom stereocenters. The van der Waals surface area contributed by atoms with E-state index in [1.807, 2.05) is 42.5 Å². The van der Waals surface area contributed by atoms with Crippen LogP contribution in [-0.2, 0) is 4.79 Å². The quantitative estimate of drug-likeness (QED) is 0.227. The van der Waals surface area contributed by atoms with E-state index in [1.54, 1.807) is 24.3 Å². The van der Waals surface area contributed by atoms with Gasteiger partial charge >= 0.3 is 0 Å². The summed E-state index contributed by atoms with van der Waals surface area (Å²) in [4.78, 5) is 22.8. The molecule has 1 amide bonds. The van der Waals surface area contributed by atoms with Crippen LogP contribution in [0.5, 0.6) is 0 Å². The summed E-state index contributed by atoms with van der Waals surface area (Å²) in [7, 11) is 0. The number of anilines is 4. The number of benzene rings is 3. The van der Waals surface area contributed by atoms with E-state index in [0.29, 0.717) is 5.69 Å². The molecule has 0 fully saturated rings. The van der Waals surface area contributed by atoms with Gasteiger partial charge in [0, 0.05) is 29.3 Å². The molecule has 8 nitrogen and oxygen atoms in total. The summed E-state index contributed by atoms with van der Waals surface area (Å²) in [5, 5.41) is 28.9. The Hall–Kier alpha value is -4.64. The maximum Gasteiger partial charge on any atom is 0.292 e. The highest BCUT2D eigenvalue weighted by atomic mass is 16.6. The minimum absolute atomic E-state index is 0.0185. The summed E-state index contributed by atoms with van der Waals surface area (Å²) in [6, 6.07) is 24.5. The SMILES string of the molecule is N#C/C(=C/Nc1ccc(Nc2ccccc2)cc1)C(=O)Nc1ccccc1[N+](=O)[O-]. The second-order valence-corrected chi connectivity index (χ2v) is 6.11. The summed E-state index contributed by atoms with van der Waals surface area (Å²) >= 11 is 0. The average Bonchev–Trinajstić information content (AvgIpc) is 2.76. The topological polar surface area (TPSA) is 120 Å². The van der Waals surface area contributed by atoms with E-state index in [-0.39, 0.29) is 16.9 Å². The van der Waals surface area contributed by atoms with E-state index in [9.17, 15) is 20.2 Å². The highest BCUT2D eigenvalue weighted by molar-refractivity contribution is 6.07. The van der Waals surface area contributed by atoms with E-state index in [0.717, 1.165) is 11.4 Å². The maximum atomic E-state index is 12.3. The lowest BCUT2D eigenvalue weighted by Gasteiger charge is -2.08. The van der Waals surface area contributed by atoms with Crippen LogP contribution in [0.15, 0.2) is 90.6 Å². The Labute approximate surface area is 172 Å². The second kappa shape index (κ2) is 9.52. The molecule has 3 rings (SSSR count). The summed E-state index contributed by atoms with van der Waals surface area (Å²) in [6.45, 7) is 0. The van der Waals surface area contributed by atoms with Gasteiger partial charge < -0.3 is 16.0 Å². The fourth-order valence-corrected chi connectivity index (χ4v) is 2.57. The van der Waals surface area contributed by atoms with Crippen molar-refractivity contribution < 1.29 is 9.72 Å². The van der Waals surface area contributed by atoms with Gasteiger partial charge in [-0.15, -0.1) is 0 Å². The van der Waals surface area contributed by atoms with Gasteiger partial charge in [-0.2, -0.15) is 5.26 Å². The predicted octanol–water partition coefficient (Wildman–Crippen LogP) is 4.80. The number of nitro groups is 1. The Balaban J connectivity index is 1.66. The van der Waals surface area contributed by atoms with Gasteiger partial charge in [-0.3, -0.25) is 14.9 Å². The molecule has 0 bridgehead atoms. The van der Waals surface area contributed by atoms with Crippen LogP contribution in [-0.4, -0.2) is 10.8 Å². The smallest absolute Gasteiger partial charge is 0.292 e. The number of nitrogens with one attached hydrogen (secondary N) is 3. The van der Waals surface area contributed by atoms with Crippen molar-refractivity contribution >= 4 is 34.3 Å².